The summed E-state index contributed by atoms with van der Waals surface area (Å²) in [5, 5.41) is 1.14. The van der Waals surface area contributed by atoms with Crippen LogP contribution in [0.5, 0.6) is 0 Å². The zero-order valence-electron chi connectivity index (χ0n) is 8.45. The lowest BCUT2D eigenvalue weighted by Gasteiger charge is -2.05. The highest BCUT2D eigenvalue weighted by molar-refractivity contribution is 5.86. The van der Waals surface area contributed by atoms with Gasteiger partial charge >= 0.3 is 0 Å². The van der Waals surface area contributed by atoms with Crippen LogP contribution in [0.3, 0.4) is 0 Å². The molecule has 3 aromatic rings. The second-order valence-corrected chi connectivity index (χ2v) is 3.32. The molecule has 0 radical (unpaired) electrons. The van der Waals surface area contributed by atoms with E-state index >= 15 is 0 Å². The van der Waals surface area contributed by atoms with Gasteiger partial charge in [0.25, 0.3) is 0 Å². The van der Waals surface area contributed by atoms with E-state index in [2.05, 4.69) is 16.0 Å². The number of hydrogen-bond donors (Lipinski definition) is 0. The Bertz CT molecular complexity index is 585. The minimum atomic E-state index is 0. The molecule has 0 fully saturated rings. The second-order valence-electron chi connectivity index (χ2n) is 3.32. The fourth-order valence-corrected chi connectivity index (χ4v) is 1.71. The summed E-state index contributed by atoms with van der Waals surface area (Å²) in [6, 6.07) is 10.1. The van der Waals surface area contributed by atoms with Gasteiger partial charge in [-0.1, -0.05) is 18.2 Å². The lowest BCUT2D eigenvalue weighted by molar-refractivity contribution is 1.06. The van der Waals surface area contributed by atoms with Crippen molar-refractivity contribution < 1.29 is 0 Å². The largest absolute Gasteiger partial charge is 0.306 e. The van der Waals surface area contributed by atoms with Crippen LogP contribution >= 0.6 is 12.4 Å². The summed E-state index contributed by atoms with van der Waals surface area (Å²) in [6.45, 7) is 0. The molecular formula is C12H10ClN3. The third kappa shape index (κ3) is 1.66. The third-order valence-corrected chi connectivity index (χ3v) is 2.41. The molecular weight excluding hydrogens is 222 g/mol. The molecule has 0 aliphatic carbocycles. The van der Waals surface area contributed by atoms with Gasteiger partial charge in [0.05, 0.1) is 17.5 Å². The monoisotopic (exact) mass is 231 g/mol. The molecule has 0 saturated heterocycles. The highest BCUT2D eigenvalue weighted by Gasteiger charge is 2.01. The van der Waals surface area contributed by atoms with Crippen molar-refractivity contribution in [3.05, 3.63) is 55.2 Å². The van der Waals surface area contributed by atoms with E-state index in [0.717, 1.165) is 16.6 Å². The van der Waals surface area contributed by atoms with Crippen LogP contribution in [-0.4, -0.2) is 14.5 Å². The average molecular weight is 232 g/mol. The van der Waals surface area contributed by atoms with Crippen molar-refractivity contribution in [1.29, 1.82) is 0 Å². The van der Waals surface area contributed by atoms with Crippen LogP contribution in [0.1, 0.15) is 0 Å². The predicted octanol–water partition coefficient (Wildman–Crippen LogP) is 2.84. The van der Waals surface area contributed by atoms with Crippen LogP contribution in [0.2, 0.25) is 0 Å². The van der Waals surface area contributed by atoms with E-state index in [9.17, 15) is 0 Å². The second kappa shape index (κ2) is 4.33. The third-order valence-electron chi connectivity index (χ3n) is 2.41. The topological polar surface area (TPSA) is 30.7 Å². The first-order chi connectivity index (χ1) is 7.45. The summed E-state index contributed by atoms with van der Waals surface area (Å²) in [7, 11) is 0. The minimum absolute atomic E-state index is 0. The molecule has 0 N–H and O–H groups in total. The number of hydrogen-bond acceptors (Lipinski definition) is 2. The number of fused-ring (bicyclic) bond motifs is 1. The van der Waals surface area contributed by atoms with Crippen molar-refractivity contribution in [3.8, 4) is 5.69 Å². The van der Waals surface area contributed by atoms with Crippen molar-refractivity contribution in [1.82, 2.24) is 14.5 Å². The molecule has 0 aliphatic rings. The van der Waals surface area contributed by atoms with E-state index in [4.69, 9.17) is 0 Å². The summed E-state index contributed by atoms with van der Waals surface area (Å²) in [4.78, 5) is 8.37. The number of aromatic nitrogens is 3. The van der Waals surface area contributed by atoms with Gasteiger partial charge in [-0.05, 0) is 12.1 Å². The first-order valence-electron chi connectivity index (χ1n) is 4.77. The molecule has 1 aromatic carbocycles. The van der Waals surface area contributed by atoms with Crippen molar-refractivity contribution in [3.63, 3.8) is 0 Å². The van der Waals surface area contributed by atoms with Crippen LogP contribution in [0.15, 0.2) is 55.2 Å². The Kier molecular flexibility index (Phi) is 2.88. The maximum atomic E-state index is 4.32. The standard InChI is InChI=1S/C12H9N3.ClH/c1-2-4-11-10(3-1)12(5-6-14-11)15-8-7-13-9-15;/h1-9H;1H. The Labute approximate surface area is 99.2 Å². The smallest absolute Gasteiger partial charge is 0.0991 e. The summed E-state index contributed by atoms with van der Waals surface area (Å²) in [5.41, 5.74) is 2.11. The van der Waals surface area contributed by atoms with Crippen LogP contribution in [0.4, 0.5) is 0 Å². The van der Waals surface area contributed by atoms with Crippen molar-refractivity contribution in [2.24, 2.45) is 0 Å². The molecule has 80 valence electrons. The molecule has 0 atom stereocenters. The zero-order valence-corrected chi connectivity index (χ0v) is 9.26. The molecule has 0 aliphatic heterocycles. The van der Waals surface area contributed by atoms with Crippen LogP contribution in [-0.2, 0) is 0 Å². The molecule has 2 aromatic heterocycles. The van der Waals surface area contributed by atoms with Gasteiger partial charge in [0.15, 0.2) is 0 Å². The molecule has 2 heterocycles. The summed E-state index contributed by atoms with van der Waals surface area (Å²) >= 11 is 0. The van der Waals surface area contributed by atoms with E-state index in [1.54, 1.807) is 12.5 Å². The van der Waals surface area contributed by atoms with E-state index in [1.807, 2.05) is 41.2 Å². The minimum Gasteiger partial charge on any atom is -0.306 e. The quantitative estimate of drug-likeness (QED) is 0.645. The van der Waals surface area contributed by atoms with Crippen molar-refractivity contribution in [2.75, 3.05) is 0 Å². The van der Waals surface area contributed by atoms with Gasteiger partial charge in [-0.3, -0.25) is 4.98 Å². The number of nitrogens with zero attached hydrogens (tertiary/aromatic N) is 3. The molecule has 0 bridgehead atoms. The van der Waals surface area contributed by atoms with Crippen LogP contribution in [0, 0.1) is 0 Å². The molecule has 4 heteroatoms. The molecule has 3 rings (SSSR count). The zero-order chi connectivity index (χ0) is 10.1. The Morgan fingerprint density at radius 3 is 2.69 bits per heavy atom. The van der Waals surface area contributed by atoms with Gasteiger partial charge in [-0.2, -0.15) is 0 Å². The van der Waals surface area contributed by atoms with E-state index in [1.165, 1.54) is 0 Å². The van der Waals surface area contributed by atoms with E-state index < -0.39 is 0 Å². The number of benzene rings is 1. The SMILES string of the molecule is Cl.c1ccc2c(-n3ccnc3)ccnc2c1. The van der Waals surface area contributed by atoms with E-state index in [0.29, 0.717) is 0 Å². The Morgan fingerprint density at radius 1 is 1.00 bits per heavy atom. The maximum Gasteiger partial charge on any atom is 0.0991 e. The van der Waals surface area contributed by atoms with E-state index in [-0.39, 0.29) is 12.4 Å². The molecule has 0 saturated carbocycles. The Morgan fingerprint density at radius 2 is 1.88 bits per heavy atom. The van der Waals surface area contributed by atoms with Gasteiger partial charge in [0, 0.05) is 24.0 Å². The molecule has 16 heavy (non-hydrogen) atoms. The van der Waals surface area contributed by atoms with Gasteiger partial charge in [0.1, 0.15) is 0 Å². The molecule has 0 unspecified atom stereocenters. The average Bonchev–Trinajstić information content (AvgIpc) is 2.82. The normalized spacial score (nSPS) is 10.0. The molecule has 0 amide bonds. The lowest BCUT2D eigenvalue weighted by Crippen LogP contribution is -1.92. The summed E-state index contributed by atoms with van der Waals surface area (Å²) < 4.78 is 1.99. The number of pyridine rings is 1. The van der Waals surface area contributed by atoms with Crippen molar-refractivity contribution in [2.45, 2.75) is 0 Å². The number of imidazole rings is 1. The van der Waals surface area contributed by atoms with Crippen LogP contribution < -0.4 is 0 Å². The fourth-order valence-electron chi connectivity index (χ4n) is 1.71. The Balaban J connectivity index is 0.000000963. The van der Waals surface area contributed by atoms with Gasteiger partial charge < -0.3 is 4.57 Å². The molecule has 0 spiro atoms. The highest BCUT2D eigenvalue weighted by Crippen LogP contribution is 2.19. The van der Waals surface area contributed by atoms with Gasteiger partial charge in [-0.25, -0.2) is 4.98 Å². The fraction of sp³-hybridized carbons (Fsp3) is 0. The number of rotatable bonds is 1. The number of halogens is 1. The maximum absolute atomic E-state index is 4.32. The molecule has 3 nitrogen and oxygen atoms in total. The Hall–Kier alpha value is -1.87. The predicted molar refractivity (Wildman–Crippen MR) is 66.1 cm³/mol. The first-order valence-corrected chi connectivity index (χ1v) is 4.77. The summed E-state index contributed by atoms with van der Waals surface area (Å²) in [5.74, 6) is 0. The van der Waals surface area contributed by atoms with Crippen molar-refractivity contribution >= 4 is 23.3 Å². The number of para-hydroxylation sites is 1. The van der Waals surface area contributed by atoms with Gasteiger partial charge in [0.2, 0.25) is 0 Å². The lowest BCUT2D eigenvalue weighted by atomic mass is 10.2. The summed E-state index contributed by atoms with van der Waals surface area (Å²) in [6.07, 6.45) is 7.32. The first kappa shape index (κ1) is 10.6. The van der Waals surface area contributed by atoms with Crippen LogP contribution in [0.25, 0.3) is 16.6 Å². The highest BCUT2D eigenvalue weighted by atomic mass is 35.5. The van der Waals surface area contributed by atoms with Gasteiger partial charge in [-0.15, -0.1) is 12.4 Å².